The van der Waals surface area contributed by atoms with Crippen LogP contribution in [-0.4, -0.2) is 50.8 Å². The van der Waals surface area contributed by atoms with Gasteiger partial charge in [0.25, 0.3) is 0 Å². The molecular formula is C15H22N4O. The highest BCUT2D eigenvalue weighted by atomic mass is 16.3. The third-order valence-electron chi connectivity index (χ3n) is 4.21. The van der Waals surface area contributed by atoms with E-state index in [1.165, 1.54) is 19.4 Å². The first kappa shape index (κ1) is 13.5. The molecular weight excluding hydrogens is 252 g/mol. The molecule has 0 aromatic carbocycles. The Morgan fingerprint density at radius 2 is 2.35 bits per heavy atom. The van der Waals surface area contributed by atoms with Crippen molar-refractivity contribution in [2.75, 3.05) is 20.2 Å². The van der Waals surface area contributed by atoms with Gasteiger partial charge in [-0.3, -0.25) is 0 Å². The summed E-state index contributed by atoms with van der Waals surface area (Å²) in [7, 11) is 2.19. The van der Waals surface area contributed by atoms with Crippen molar-refractivity contribution in [3.05, 3.63) is 24.2 Å². The molecule has 0 aliphatic carbocycles. The Morgan fingerprint density at radius 3 is 3.10 bits per heavy atom. The molecule has 0 saturated carbocycles. The number of hydrogen-bond donors (Lipinski definition) is 1. The Labute approximate surface area is 119 Å². The van der Waals surface area contributed by atoms with Gasteiger partial charge < -0.3 is 14.6 Å². The van der Waals surface area contributed by atoms with Gasteiger partial charge in [0.05, 0.1) is 0 Å². The summed E-state index contributed by atoms with van der Waals surface area (Å²) < 4.78 is 2.18. The van der Waals surface area contributed by atoms with Crippen LogP contribution in [0.1, 0.15) is 25.1 Å². The van der Waals surface area contributed by atoms with Crippen molar-refractivity contribution in [3.63, 3.8) is 0 Å². The van der Waals surface area contributed by atoms with Crippen LogP contribution in [0, 0.1) is 0 Å². The number of imidazole rings is 1. The zero-order chi connectivity index (χ0) is 13.9. The molecule has 20 heavy (non-hydrogen) atoms. The van der Waals surface area contributed by atoms with Gasteiger partial charge in [-0.2, -0.15) is 0 Å². The molecule has 1 N–H and O–H groups in total. The first-order valence-electron chi connectivity index (χ1n) is 7.41. The van der Waals surface area contributed by atoms with E-state index in [2.05, 4.69) is 21.5 Å². The second-order valence-corrected chi connectivity index (χ2v) is 5.58. The van der Waals surface area contributed by atoms with E-state index >= 15 is 0 Å². The molecule has 0 bridgehead atoms. The topological polar surface area (TPSA) is 54.2 Å². The molecule has 2 aromatic rings. The van der Waals surface area contributed by atoms with Crippen molar-refractivity contribution in [1.29, 1.82) is 0 Å². The molecule has 108 valence electrons. The first-order chi connectivity index (χ1) is 9.79. The summed E-state index contributed by atoms with van der Waals surface area (Å²) in [5.74, 6) is 1.10. The fourth-order valence-corrected chi connectivity index (χ4v) is 3.07. The molecule has 5 nitrogen and oxygen atoms in total. The maximum atomic E-state index is 9.09. The molecule has 3 heterocycles. The summed E-state index contributed by atoms with van der Waals surface area (Å²) >= 11 is 0. The number of aliphatic hydroxyl groups excluding tert-OH is 1. The normalized spacial score (nSPS) is 20.0. The van der Waals surface area contributed by atoms with Crippen molar-refractivity contribution in [3.8, 4) is 0 Å². The van der Waals surface area contributed by atoms with Crippen molar-refractivity contribution >= 4 is 11.2 Å². The lowest BCUT2D eigenvalue weighted by Gasteiger charge is -2.19. The number of hydrogen-bond acceptors (Lipinski definition) is 4. The number of pyridine rings is 1. The fraction of sp³-hybridized carbons (Fsp3) is 0.600. The second kappa shape index (κ2) is 5.89. The third-order valence-corrected chi connectivity index (χ3v) is 4.21. The van der Waals surface area contributed by atoms with Crippen molar-refractivity contribution < 1.29 is 5.11 Å². The Morgan fingerprint density at radius 1 is 1.45 bits per heavy atom. The smallest absolute Gasteiger partial charge is 0.159 e. The predicted molar refractivity (Wildman–Crippen MR) is 78.6 cm³/mol. The molecule has 3 rings (SSSR count). The minimum atomic E-state index is 0.204. The van der Waals surface area contributed by atoms with Gasteiger partial charge in [0, 0.05) is 31.8 Å². The summed E-state index contributed by atoms with van der Waals surface area (Å²) in [4.78, 5) is 11.6. The summed E-state index contributed by atoms with van der Waals surface area (Å²) in [6, 6.07) is 4.52. The molecule has 5 heteroatoms. The minimum Gasteiger partial charge on any atom is -0.396 e. The van der Waals surface area contributed by atoms with E-state index in [1.54, 1.807) is 0 Å². The average Bonchev–Trinajstić information content (AvgIpc) is 3.01. The summed E-state index contributed by atoms with van der Waals surface area (Å²) in [5.41, 5.74) is 1.90. The number of likely N-dealkylation sites (tertiary alicyclic amines) is 1. The van der Waals surface area contributed by atoms with E-state index < -0.39 is 0 Å². The van der Waals surface area contributed by atoms with Gasteiger partial charge in [0.2, 0.25) is 0 Å². The SMILES string of the molecule is CN1CCCC1Cc1nc2cccnc2n1CCCO. The zero-order valence-electron chi connectivity index (χ0n) is 12.0. The fourth-order valence-electron chi connectivity index (χ4n) is 3.07. The van der Waals surface area contributed by atoms with Crippen molar-refractivity contribution in [2.45, 2.75) is 38.3 Å². The van der Waals surface area contributed by atoms with Crippen LogP contribution in [0.4, 0.5) is 0 Å². The molecule has 0 amide bonds. The number of aromatic nitrogens is 3. The van der Waals surface area contributed by atoms with Crippen LogP contribution in [0.5, 0.6) is 0 Å². The van der Waals surface area contributed by atoms with E-state index in [-0.39, 0.29) is 6.61 Å². The monoisotopic (exact) mass is 274 g/mol. The molecule has 1 fully saturated rings. The van der Waals surface area contributed by atoms with Crippen LogP contribution in [0.2, 0.25) is 0 Å². The number of fused-ring (bicyclic) bond motifs is 1. The van der Waals surface area contributed by atoms with Crippen LogP contribution in [0.25, 0.3) is 11.2 Å². The molecule has 1 unspecified atom stereocenters. The molecule has 1 aliphatic heterocycles. The molecule has 1 saturated heterocycles. The highest BCUT2D eigenvalue weighted by molar-refractivity contribution is 5.71. The molecule has 0 spiro atoms. The van der Waals surface area contributed by atoms with Crippen LogP contribution in [-0.2, 0) is 13.0 Å². The van der Waals surface area contributed by atoms with Gasteiger partial charge in [-0.1, -0.05) is 0 Å². The van der Waals surface area contributed by atoms with Gasteiger partial charge in [-0.05, 0) is 45.0 Å². The van der Waals surface area contributed by atoms with Gasteiger partial charge >= 0.3 is 0 Å². The van der Waals surface area contributed by atoms with Crippen LogP contribution in [0.3, 0.4) is 0 Å². The van der Waals surface area contributed by atoms with Crippen molar-refractivity contribution in [1.82, 2.24) is 19.4 Å². The first-order valence-corrected chi connectivity index (χ1v) is 7.41. The number of rotatable bonds is 5. The highest BCUT2D eigenvalue weighted by Crippen LogP contribution is 2.21. The van der Waals surface area contributed by atoms with Gasteiger partial charge in [0.15, 0.2) is 5.65 Å². The standard InChI is InChI=1S/C15H22N4O/c1-18-8-3-5-12(18)11-14-17-13-6-2-7-16-15(13)19(14)9-4-10-20/h2,6-7,12,20H,3-5,8-11H2,1H3. The Balaban J connectivity index is 1.91. The Kier molecular flexibility index (Phi) is 3.98. The predicted octanol–water partition coefficient (Wildman–Crippen LogP) is 1.45. The molecule has 2 aromatic heterocycles. The van der Waals surface area contributed by atoms with Gasteiger partial charge in [0.1, 0.15) is 11.3 Å². The summed E-state index contributed by atoms with van der Waals surface area (Å²) in [6.07, 6.45) is 6.04. The van der Waals surface area contributed by atoms with E-state index in [9.17, 15) is 0 Å². The molecule has 1 atom stereocenters. The summed E-state index contributed by atoms with van der Waals surface area (Å²) in [5, 5.41) is 9.09. The summed E-state index contributed by atoms with van der Waals surface area (Å²) in [6.45, 7) is 2.17. The average molecular weight is 274 g/mol. The van der Waals surface area contributed by atoms with E-state index in [0.29, 0.717) is 6.04 Å². The van der Waals surface area contributed by atoms with E-state index in [4.69, 9.17) is 10.1 Å². The lowest BCUT2D eigenvalue weighted by Crippen LogP contribution is -2.28. The van der Waals surface area contributed by atoms with Gasteiger partial charge in [-0.15, -0.1) is 0 Å². The minimum absolute atomic E-state index is 0.204. The number of likely N-dealkylation sites (N-methyl/N-ethyl adjacent to an activating group) is 1. The van der Waals surface area contributed by atoms with E-state index in [0.717, 1.165) is 36.4 Å². The molecule has 1 aliphatic rings. The Hall–Kier alpha value is -1.46. The lowest BCUT2D eigenvalue weighted by atomic mass is 10.1. The van der Waals surface area contributed by atoms with Crippen molar-refractivity contribution in [2.24, 2.45) is 0 Å². The van der Waals surface area contributed by atoms with Crippen LogP contribution < -0.4 is 0 Å². The second-order valence-electron chi connectivity index (χ2n) is 5.58. The van der Waals surface area contributed by atoms with Crippen LogP contribution in [0.15, 0.2) is 18.3 Å². The maximum absolute atomic E-state index is 9.09. The maximum Gasteiger partial charge on any atom is 0.159 e. The number of nitrogens with zero attached hydrogens (tertiary/aromatic N) is 4. The number of aryl methyl sites for hydroxylation is 1. The largest absolute Gasteiger partial charge is 0.396 e. The van der Waals surface area contributed by atoms with Gasteiger partial charge in [-0.25, -0.2) is 9.97 Å². The van der Waals surface area contributed by atoms with Crippen LogP contribution >= 0.6 is 0 Å². The lowest BCUT2D eigenvalue weighted by molar-refractivity contribution is 0.277. The molecule has 0 radical (unpaired) electrons. The highest BCUT2D eigenvalue weighted by Gasteiger charge is 2.23. The van der Waals surface area contributed by atoms with E-state index in [1.807, 2.05) is 18.3 Å². The zero-order valence-corrected chi connectivity index (χ0v) is 12.0. The quantitative estimate of drug-likeness (QED) is 0.896. The third kappa shape index (κ3) is 2.55. The Bertz CT molecular complexity index is 580. The number of aliphatic hydroxyl groups is 1.